The van der Waals surface area contributed by atoms with Gasteiger partial charge in [-0.1, -0.05) is 24.3 Å². The van der Waals surface area contributed by atoms with Crippen molar-refractivity contribution >= 4 is 34.4 Å². The average molecular weight is 326 g/mol. The summed E-state index contributed by atoms with van der Waals surface area (Å²) in [5, 5.41) is 3.90. The molecule has 0 saturated carbocycles. The lowest BCUT2D eigenvalue weighted by atomic mass is 10.1. The highest BCUT2D eigenvalue weighted by Gasteiger charge is 2.14. The Morgan fingerprint density at radius 2 is 1.91 bits per heavy atom. The van der Waals surface area contributed by atoms with Gasteiger partial charge in [-0.3, -0.25) is 4.79 Å². The van der Waals surface area contributed by atoms with Gasteiger partial charge in [-0.05, 0) is 61.4 Å². The van der Waals surface area contributed by atoms with E-state index in [2.05, 4.69) is 34.3 Å². The van der Waals surface area contributed by atoms with Crippen molar-refractivity contribution in [3.8, 4) is 0 Å². The van der Waals surface area contributed by atoms with Gasteiger partial charge >= 0.3 is 5.16 Å². The molecule has 0 bridgehead atoms. The Bertz CT molecular complexity index is 850. The molecule has 3 N–H and O–H groups in total. The maximum atomic E-state index is 12.2. The third-order valence-corrected chi connectivity index (χ3v) is 4.66. The van der Waals surface area contributed by atoms with Crippen molar-refractivity contribution in [2.45, 2.75) is 25.9 Å². The summed E-state index contributed by atoms with van der Waals surface area (Å²) in [6, 6.07) is 12.2. The number of benzene rings is 2. The van der Waals surface area contributed by atoms with Crippen molar-refractivity contribution < 1.29 is 9.78 Å². The van der Waals surface area contributed by atoms with Crippen LogP contribution in [0.1, 0.15) is 16.7 Å². The Kier molecular flexibility index (Phi) is 4.39. The highest BCUT2D eigenvalue weighted by atomic mass is 32.2. The quantitative estimate of drug-likeness (QED) is 0.719. The number of rotatable bonds is 4. The second-order valence-corrected chi connectivity index (χ2v) is 6.72. The number of fused-ring (bicyclic) bond motifs is 1. The predicted molar refractivity (Wildman–Crippen MR) is 94.9 cm³/mol. The normalized spacial score (nSPS) is 10.9. The summed E-state index contributed by atoms with van der Waals surface area (Å²) in [4.78, 5) is 18.8. The molecule has 0 aliphatic rings. The van der Waals surface area contributed by atoms with Crippen molar-refractivity contribution in [3.63, 3.8) is 0 Å². The number of carbonyl (C=O) groups is 1. The summed E-state index contributed by atoms with van der Waals surface area (Å²) in [5.74, 6) is 0.353. The Morgan fingerprint density at radius 1 is 1.17 bits per heavy atom. The van der Waals surface area contributed by atoms with Crippen LogP contribution >= 0.6 is 11.8 Å². The van der Waals surface area contributed by atoms with E-state index in [4.69, 9.17) is 0 Å². The van der Waals surface area contributed by atoms with E-state index in [0.717, 1.165) is 33.0 Å². The number of para-hydroxylation sites is 1. The lowest BCUT2D eigenvalue weighted by molar-refractivity contribution is -0.396. The highest BCUT2D eigenvalue weighted by molar-refractivity contribution is 7.99. The fourth-order valence-corrected chi connectivity index (χ4v) is 3.26. The van der Waals surface area contributed by atoms with Gasteiger partial charge in [0.25, 0.3) is 0 Å². The molecule has 5 heteroatoms. The minimum Gasteiger partial charge on any atom is -0.325 e. The van der Waals surface area contributed by atoms with Gasteiger partial charge in [-0.15, -0.1) is 0 Å². The molecule has 0 aliphatic heterocycles. The van der Waals surface area contributed by atoms with E-state index in [1.165, 1.54) is 17.3 Å². The number of nitrogens with one attached hydrogen (secondary N) is 3. The van der Waals surface area contributed by atoms with Crippen molar-refractivity contribution in [1.82, 2.24) is 4.98 Å². The van der Waals surface area contributed by atoms with Gasteiger partial charge < -0.3 is 5.32 Å². The molecule has 0 atom stereocenters. The van der Waals surface area contributed by atoms with Crippen LogP contribution in [0.5, 0.6) is 0 Å². The minimum atomic E-state index is -0.00404. The molecule has 1 amide bonds. The summed E-state index contributed by atoms with van der Waals surface area (Å²) >= 11 is 1.47. The monoisotopic (exact) mass is 326 g/mol. The Labute approximate surface area is 139 Å². The third kappa shape index (κ3) is 3.56. The van der Waals surface area contributed by atoms with E-state index in [1.54, 1.807) is 0 Å². The van der Waals surface area contributed by atoms with Crippen LogP contribution in [0.3, 0.4) is 0 Å². The molecule has 0 spiro atoms. The van der Waals surface area contributed by atoms with Gasteiger partial charge in [-0.25, -0.2) is 9.97 Å². The lowest BCUT2D eigenvalue weighted by Gasteiger charge is -2.10. The molecule has 4 nitrogen and oxygen atoms in total. The second kappa shape index (κ2) is 6.46. The molecule has 3 aromatic rings. The number of aromatic amines is 2. The van der Waals surface area contributed by atoms with Gasteiger partial charge in [-0.2, -0.15) is 0 Å². The van der Waals surface area contributed by atoms with Crippen LogP contribution in [0.4, 0.5) is 5.69 Å². The maximum absolute atomic E-state index is 12.2. The largest absolute Gasteiger partial charge is 0.325 e. The second-order valence-electron chi connectivity index (χ2n) is 5.73. The SMILES string of the molecule is Cc1ccc2[nH+]c(SCC(=O)Nc3c(C)cccc3C)[nH]c2c1. The number of H-pyrrole nitrogens is 2. The lowest BCUT2D eigenvalue weighted by Crippen LogP contribution is -2.16. The van der Waals surface area contributed by atoms with E-state index < -0.39 is 0 Å². The first-order valence-electron chi connectivity index (χ1n) is 7.53. The number of anilines is 1. The number of aromatic nitrogens is 2. The van der Waals surface area contributed by atoms with Gasteiger partial charge in [0.15, 0.2) is 11.0 Å². The van der Waals surface area contributed by atoms with Crippen LogP contribution < -0.4 is 10.3 Å². The summed E-state index contributed by atoms with van der Waals surface area (Å²) in [6.45, 7) is 6.07. The summed E-state index contributed by atoms with van der Waals surface area (Å²) in [6.07, 6.45) is 0. The van der Waals surface area contributed by atoms with E-state index in [1.807, 2.05) is 38.1 Å². The topological polar surface area (TPSA) is 59.0 Å². The van der Waals surface area contributed by atoms with E-state index in [-0.39, 0.29) is 5.91 Å². The van der Waals surface area contributed by atoms with Gasteiger partial charge in [0.05, 0.1) is 5.75 Å². The van der Waals surface area contributed by atoms with E-state index >= 15 is 0 Å². The molecule has 23 heavy (non-hydrogen) atoms. The maximum Gasteiger partial charge on any atom is 0.315 e. The molecule has 0 fully saturated rings. The van der Waals surface area contributed by atoms with Crippen LogP contribution in [0.25, 0.3) is 11.0 Å². The summed E-state index contributed by atoms with van der Waals surface area (Å²) in [5.41, 5.74) is 6.38. The van der Waals surface area contributed by atoms with Gasteiger partial charge in [0, 0.05) is 5.69 Å². The van der Waals surface area contributed by atoms with Crippen molar-refractivity contribution in [1.29, 1.82) is 0 Å². The third-order valence-electron chi connectivity index (χ3n) is 3.76. The molecular formula is C18H20N3OS+. The smallest absolute Gasteiger partial charge is 0.315 e. The van der Waals surface area contributed by atoms with Crippen LogP contribution in [0.15, 0.2) is 41.6 Å². The van der Waals surface area contributed by atoms with Gasteiger partial charge in [0.2, 0.25) is 5.91 Å². The van der Waals surface area contributed by atoms with Crippen molar-refractivity contribution in [2.75, 3.05) is 11.1 Å². The molecule has 118 valence electrons. The zero-order chi connectivity index (χ0) is 16.4. The Hall–Kier alpha value is -2.27. The number of thioether (sulfide) groups is 1. The van der Waals surface area contributed by atoms with E-state index in [9.17, 15) is 4.79 Å². The number of aryl methyl sites for hydroxylation is 3. The Morgan fingerprint density at radius 3 is 2.65 bits per heavy atom. The first kappa shape index (κ1) is 15.6. The van der Waals surface area contributed by atoms with E-state index in [0.29, 0.717) is 5.75 Å². The standard InChI is InChI=1S/C18H19N3OS/c1-11-7-8-14-15(9-11)20-18(19-14)23-10-16(22)21-17-12(2)5-4-6-13(17)3/h4-9H,10H2,1-3H3,(H,19,20)(H,21,22)/p+1. The predicted octanol–water partition coefficient (Wildman–Crippen LogP) is 3.64. The molecule has 0 radical (unpaired) electrons. The molecule has 1 heterocycles. The fraction of sp³-hybridized carbons (Fsp3) is 0.222. The fourth-order valence-electron chi connectivity index (χ4n) is 2.54. The molecular weight excluding hydrogens is 306 g/mol. The summed E-state index contributed by atoms with van der Waals surface area (Å²) in [7, 11) is 0. The molecule has 1 aromatic heterocycles. The molecule has 0 unspecified atom stereocenters. The number of hydrogen-bond donors (Lipinski definition) is 2. The molecule has 3 rings (SSSR count). The van der Waals surface area contributed by atoms with Crippen molar-refractivity contribution in [3.05, 3.63) is 53.1 Å². The van der Waals surface area contributed by atoms with Crippen LogP contribution in [-0.2, 0) is 4.79 Å². The zero-order valence-corrected chi connectivity index (χ0v) is 14.3. The average Bonchev–Trinajstić information content (AvgIpc) is 2.91. The molecule has 2 aromatic carbocycles. The first-order valence-corrected chi connectivity index (χ1v) is 8.52. The minimum absolute atomic E-state index is 0.00404. The van der Waals surface area contributed by atoms with Gasteiger partial charge in [0.1, 0.15) is 0 Å². The van der Waals surface area contributed by atoms with Crippen molar-refractivity contribution in [2.24, 2.45) is 0 Å². The number of hydrogen-bond acceptors (Lipinski definition) is 2. The first-order chi connectivity index (χ1) is 11.0. The molecule has 0 aliphatic carbocycles. The number of imidazole rings is 1. The number of carbonyl (C=O) groups excluding carboxylic acids is 1. The number of amides is 1. The summed E-state index contributed by atoms with van der Waals surface area (Å²) < 4.78 is 0. The molecule has 0 saturated heterocycles. The Balaban J connectivity index is 1.66. The van der Waals surface area contributed by atoms with Crippen LogP contribution in [0, 0.1) is 20.8 Å². The van der Waals surface area contributed by atoms with Crippen LogP contribution in [-0.4, -0.2) is 16.6 Å². The zero-order valence-electron chi connectivity index (χ0n) is 13.5. The van der Waals surface area contributed by atoms with Crippen LogP contribution in [0.2, 0.25) is 0 Å². The highest BCUT2D eigenvalue weighted by Crippen LogP contribution is 2.21.